The predicted octanol–water partition coefficient (Wildman–Crippen LogP) is 3.14. The van der Waals surface area contributed by atoms with E-state index in [1.165, 1.54) is 17.5 Å². The van der Waals surface area contributed by atoms with E-state index in [-0.39, 0.29) is 0 Å². The fraction of sp³-hybridized carbons (Fsp3) is 0.500. The molecule has 0 saturated heterocycles. The van der Waals surface area contributed by atoms with Gasteiger partial charge in [0.15, 0.2) is 0 Å². The third kappa shape index (κ3) is 1.43. The van der Waals surface area contributed by atoms with Crippen LogP contribution in [0.2, 0.25) is 0 Å². The van der Waals surface area contributed by atoms with Crippen LogP contribution >= 0.6 is 0 Å². The van der Waals surface area contributed by atoms with Crippen molar-refractivity contribution < 1.29 is 4.74 Å². The van der Waals surface area contributed by atoms with E-state index in [1.807, 2.05) is 0 Å². The molecule has 70 valence electrons. The molecule has 0 fully saturated rings. The molecule has 1 unspecified atom stereocenters. The first-order valence-electron chi connectivity index (χ1n) is 5.10. The van der Waals surface area contributed by atoms with Gasteiger partial charge in [0.2, 0.25) is 0 Å². The van der Waals surface area contributed by atoms with Crippen molar-refractivity contribution in [2.75, 3.05) is 6.61 Å². The van der Waals surface area contributed by atoms with E-state index in [4.69, 9.17) is 4.74 Å². The van der Waals surface area contributed by atoms with E-state index in [9.17, 15) is 0 Å². The number of rotatable bonds is 2. The lowest BCUT2D eigenvalue weighted by Gasteiger charge is -2.04. The average molecular weight is 176 g/mol. The molecule has 2 rings (SSSR count). The van der Waals surface area contributed by atoms with E-state index in [0.29, 0.717) is 5.92 Å². The molecule has 0 radical (unpaired) electrons. The molecule has 0 N–H and O–H groups in total. The molecule has 0 spiro atoms. The monoisotopic (exact) mass is 176 g/mol. The fourth-order valence-electron chi connectivity index (χ4n) is 1.88. The minimum absolute atomic E-state index is 0.626. The highest BCUT2D eigenvalue weighted by atomic mass is 16.5. The van der Waals surface area contributed by atoms with Crippen molar-refractivity contribution in [3.05, 3.63) is 29.3 Å². The molecule has 1 aromatic carbocycles. The molecule has 1 aliphatic rings. The van der Waals surface area contributed by atoms with Gasteiger partial charge in [-0.1, -0.05) is 26.0 Å². The van der Waals surface area contributed by atoms with E-state index in [1.54, 1.807) is 0 Å². The molecule has 1 heteroatoms. The van der Waals surface area contributed by atoms with Crippen molar-refractivity contribution in [1.82, 2.24) is 0 Å². The minimum atomic E-state index is 0.626. The Morgan fingerprint density at radius 1 is 1.38 bits per heavy atom. The third-order valence-electron chi connectivity index (χ3n) is 2.86. The van der Waals surface area contributed by atoms with Crippen molar-refractivity contribution >= 4 is 0 Å². The zero-order chi connectivity index (χ0) is 9.26. The molecule has 0 aliphatic carbocycles. The summed E-state index contributed by atoms with van der Waals surface area (Å²) in [7, 11) is 0. The first kappa shape index (κ1) is 8.61. The van der Waals surface area contributed by atoms with Gasteiger partial charge in [0, 0.05) is 11.5 Å². The molecule has 1 nitrogen and oxygen atoms in total. The summed E-state index contributed by atoms with van der Waals surface area (Å²) in [5, 5.41) is 0. The second-order valence-corrected chi connectivity index (χ2v) is 3.64. The van der Waals surface area contributed by atoms with Gasteiger partial charge >= 0.3 is 0 Å². The molecule has 0 amide bonds. The number of benzene rings is 1. The van der Waals surface area contributed by atoms with E-state index in [0.717, 1.165) is 18.8 Å². The average Bonchev–Trinajstić information content (AvgIpc) is 2.59. The maximum absolute atomic E-state index is 5.64. The van der Waals surface area contributed by atoms with Crippen molar-refractivity contribution in [1.29, 1.82) is 0 Å². The highest BCUT2D eigenvalue weighted by molar-refractivity contribution is 5.42. The predicted molar refractivity (Wildman–Crippen MR) is 54.3 cm³/mol. The second-order valence-electron chi connectivity index (χ2n) is 3.64. The first-order valence-corrected chi connectivity index (χ1v) is 5.10. The lowest BCUT2D eigenvalue weighted by molar-refractivity contribution is 0.328. The first-order chi connectivity index (χ1) is 6.35. The molecule has 0 saturated carbocycles. The summed E-state index contributed by atoms with van der Waals surface area (Å²) in [6.45, 7) is 5.27. The van der Waals surface area contributed by atoms with Gasteiger partial charge in [-0.25, -0.2) is 0 Å². The van der Waals surface area contributed by atoms with Gasteiger partial charge in [0.25, 0.3) is 0 Å². The number of hydrogen-bond acceptors (Lipinski definition) is 1. The highest BCUT2D eigenvalue weighted by Crippen LogP contribution is 2.36. The van der Waals surface area contributed by atoms with Crippen LogP contribution in [-0.4, -0.2) is 6.61 Å². The quantitative estimate of drug-likeness (QED) is 0.672. The van der Waals surface area contributed by atoms with Gasteiger partial charge in [-0.05, 0) is 24.5 Å². The molecule has 0 aromatic heterocycles. The summed E-state index contributed by atoms with van der Waals surface area (Å²) in [4.78, 5) is 0. The van der Waals surface area contributed by atoms with Gasteiger partial charge in [0.05, 0.1) is 6.61 Å². The molecule has 1 atom stereocenters. The van der Waals surface area contributed by atoms with Gasteiger partial charge in [-0.15, -0.1) is 0 Å². The molecular formula is C12H16O. The van der Waals surface area contributed by atoms with Crippen LogP contribution in [-0.2, 0) is 6.42 Å². The third-order valence-corrected chi connectivity index (χ3v) is 2.86. The fourth-order valence-corrected chi connectivity index (χ4v) is 1.88. The Morgan fingerprint density at radius 3 is 2.92 bits per heavy atom. The molecule has 1 aromatic rings. The Balaban J connectivity index is 2.34. The second kappa shape index (κ2) is 3.41. The summed E-state index contributed by atoms with van der Waals surface area (Å²) in [5.41, 5.74) is 2.77. The Bertz CT molecular complexity index is 304. The highest BCUT2D eigenvalue weighted by Gasteiger charge is 2.21. The van der Waals surface area contributed by atoms with Crippen LogP contribution in [0.15, 0.2) is 18.2 Å². The summed E-state index contributed by atoms with van der Waals surface area (Å²) < 4.78 is 5.64. The van der Waals surface area contributed by atoms with Crippen molar-refractivity contribution in [3.63, 3.8) is 0 Å². The van der Waals surface area contributed by atoms with Gasteiger partial charge in [-0.3, -0.25) is 0 Å². The van der Waals surface area contributed by atoms with Crippen LogP contribution in [0, 0.1) is 0 Å². The van der Waals surface area contributed by atoms with Crippen molar-refractivity contribution in [2.45, 2.75) is 32.6 Å². The topological polar surface area (TPSA) is 9.23 Å². The Hall–Kier alpha value is -0.980. The van der Waals surface area contributed by atoms with Crippen LogP contribution in [0.1, 0.15) is 37.3 Å². The number of ether oxygens (including phenoxy) is 1. The zero-order valence-corrected chi connectivity index (χ0v) is 8.34. The van der Waals surface area contributed by atoms with Crippen LogP contribution in [0.5, 0.6) is 5.75 Å². The van der Waals surface area contributed by atoms with Crippen LogP contribution in [0.25, 0.3) is 0 Å². The number of hydrogen-bond donors (Lipinski definition) is 0. The summed E-state index contributed by atoms with van der Waals surface area (Å²) in [6.07, 6.45) is 2.27. The lowest BCUT2D eigenvalue weighted by Crippen LogP contribution is -1.97. The summed E-state index contributed by atoms with van der Waals surface area (Å²) >= 11 is 0. The smallest absolute Gasteiger partial charge is 0.123 e. The van der Waals surface area contributed by atoms with Crippen molar-refractivity contribution in [2.24, 2.45) is 0 Å². The Morgan fingerprint density at radius 2 is 2.23 bits per heavy atom. The molecule has 13 heavy (non-hydrogen) atoms. The van der Waals surface area contributed by atoms with Gasteiger partial charge in [0.1, 0.15) is 5.75 Å². The lowest BCUT2D eigenvalue weighted by atomic mass is 9.97. The maximum atomic E-state index is 5.64. The molecular weight excluding hydrogens is 160 g/mol. The zero-order valence-electron chi connectivity index (χ0n) is 8.34. The van der Waals surface area contributed by atoms with Crippen LogP contribution in [0.4, 0.5) is 0 Å². The largest absolute Gasteiger partial charge is 0.493 e. The maximum Gasteiger partial charge on any atom is 0.123 e. The Kier molecular flexibility index (Phi) is 2.26. The minimum Gasteiger partial charge on any atom is -0.493 e. The van der Waals surface area contributed by atoms with E-state index in [2.05, 4.69) is 32.0 Å². The van der Waals surface area contributed by atoms with Gasteiger partial charge in [-0.2, -0.15) is 0 Å². The summed E-state index contributed by atoms with van der Waals surface area (Å²) in [6, 6.07) is 6.64. The van der Waals surface area contributed by atoms with E-state index < -0.39 is 0 Å². The van der Waals surface area contributed by atoms with Crippen molar-refractivity contribution in [3.8, 4) is 5.75 Å². The SMILES string of the molecule is CCc1ccc2c(c1)OCC2CC. The molecule has 1 aliphatic heterocycles. The normalized spacial score (nSPS) is 19.7. The molecule has 0 bridgehead atoms. The molecule has 1 heterocycles. The summed E-state index contributed by atoms with van der Waals surface area (Å²) in [5.74, 6) is 1.74. The van der Waals surface area contributed by atoms with Crippen LogP contribution in [0.3, 0.4) is 0 Å². The Labute approximate surface area is 79.7 Å². The van der Waals surface area contributed by atoms with Crippen LogP contribution < -0.4 is 4.74 Å². The number of aryl methyl sites for hydroxylation is 1. The van der Waals surface area contributed by atoms with Gasteiger partial charge < -0.3 is 4.74 Å². The van der Waals surface area contributed by atoms with E-state index >= 15 is 0 Å². The standard InChI is InChI=1S/C12H16O/c1-3-9-5-6-11-10(4-2)8-13-12(11)7-9/h5-7,10H,3-4,8H2,1-2H3. The number of fused-ring (bicyclic) bond motifs is 1.